The number of alkyl halides is 3. The van der Waals surface area contributed by atoms with E-state index < -0.39 is 17.6 Å². The number of hydrogen-bond acceptors (Lipinski definition) is 3. The zero-order chi connectivity index (χ0) is 19.4. The molecule has 1 aliphatic carbocycles. The number of carbonyl (C=O) groups excluding carboxylic acids is 2. The molecule has 2 fully saturated rings. The van der Waals surface area contributed by atoms with Gasteiger partial charge in [0.15, 0.2) is 0 Å². The zero-order valence-corrected chi connectivity index (χ0v) is 16.2. The largest absolute Gasteiger partial charge is 0.416 e. The summed E-state index contributed by atoms with van der Waals surface area (Å²) in [6, 6.07) is 4.38. The Balaban J connectivity index is 0.00000280. The number of piperidine rings is 1. The Morgan fingerprint density at radius 3 is 2.18 bits per heavy atom. The maximum Gasteiger partial charge on any atom is 0.416 e. The third kappa shape index (κ3) is 6.38. The van der Waals surface area contributed by atoms with Crippen LogP contribution in [0.15, 0.2) is 24.3 Å². The standard InChI is InChI=1S/C19H24F3N3O2.ClH/c20-19(21,22)15-5-3-14(4-6-15)18(27)24-12-17(26)25-9-7-16(8-10-25)23-11-13-1-2-13;/h3-6,13,16,23H,1-2,7-12H2,(H,24,27);1H. The van der Waals surface area contributed by atoms with E-state index in [-0.39, 0.29) is 30.4 Å². The van der Waals surface area contributed by atoms with Gasteiger partial charge in [0.05, 0.1) is 12.1 Å². The van der Waals surface area contributed by atoms with Crippen molar-refractivity contribution in [2.45, 2.75) is 37.9 Å². The SMILES string of the molecule is Cl.O=C(NCC(=O)N1CCC(NCC2CC2)CC1)c1ccc(C(F)(F)F)cc1. The van der Waals surface area contributed by atoms with Crippen LogP contribution in [0, 0.1) is 5.92 Å². The van der Waals surface area contributed by atoms with Crippen LogP contribution in [0.3, 0.4) is 0 Å². The van der Waals surface area contributed by atoms with Gasteiger partial charge in [-0.2, -0.15) is 13.2 Å². The molecule has 1 aromatic carbocycles. The van der Waals surface area contributed by atoms with Gasteiger partial charge in [-0.3, -0.25) is 9.59 Å². The molecule has 156 valence electrons. The lowest BCUT2D eigenvalue weighted by Gasteiger charge is -2.32. The predicted octanol–water partition coefficient (Wildman–Crippen LogP) is 2.85. The Hall–Kier alpha value is -1.80. The highest BCUT2D eigenvalue weighted by Gasteiger charge is 2.30. The van der Waals surface area contributed by atoms with E-state index in [1.54, 1.807) is 4.90 Å². The summed E-state index contributed by atoms with van der Waals surface area (Å²) in [5.74, 6) is 0.0963. The van der Waals surface area contributed by atoms with Crippen LogP contribution in [0.2, 0.25) is 0 Å². The Morgan fingerprint density at radius 2 is 1.64 bits per heavy atom. The van der Waals surface area contributed by atoms with E-state index in [4.69, 9.17) is 0 Å². The Morgan fingerprint density at radius 1 is 1.04 bits per heavy atom. The summed E-state index contributed by atoms with van der Waals surface area (Å²) in [7, 11) is 0. The van der Waals surface area contributed by atoms with Gasteiger partial charge in [0, 0.05) is 24.7 Å². The number of carbonyl (C=O) groups is 2. The number of amides is 2. The molecule has 2 aliphatic rings. The zero-order valence-electron chi connectivity index (χ0n) is 15.4. The van der Waals surface area contributed by atoms with Crippen molar-refractivity contribution in [1.29, 1.82) is 0 Å². The summed E-state index contributed by atoms with van der Waals surface area (Å²) >= 11 is 0. The first-order valence-electron chi connectivity index (χ1n) is 9.29. The first-order chi connectivity index (χ1) is 12.8. The molecule has 0 unspecified atom stereocenters. The fourth-order valence-corrected chi connectivity index (χ4v) is 3.17. The van der Waals surface area contributed by atoms with Crippen molar-refractivity contribution in [3.05, 3.63) is 35.4 Å². The average Bonchev–Trinajstić information content (AvgIpc) is 3.48. The molecule has 0 spiro atoms. The molecule has 3 rings (SSSR count). The topological polar surface area (TPSA) is 61.4 Å². The van der Waals surface area contributed by atoms with Gasteiger partial charge < -0.3 is 15.5 Å². The predicted molar refractivity (Wildman–Crippen MR) is 101 cm³/mol. The van der Waals surface area contributed by atoms with Crippen molar-refractivity contribution in [3.8, 4) is 0 Å². The van der Waals surface area contributed by atoms with Gasteiger partial charge in [-0.05, 0) is 62.4 Å². The van der Waals surface area contributed by atoms with Gasteiger partial charge in [0.1, 0.15) is 0 Å². The summed E-state index contributed by atoms with van der Waals surface area (Å²) in [5.41, 5.74) is -0.716. The molecule has 1 aromatic rings. The van der Waals surface area contributed by atoms with Gasteiger partial charge >= 0.3 is 6.18 Å². The minimum atomic E-state index is -4.44. The maximum absolute atomic E-state index is 12.5. The quantitative estimate of drug-likeness (QED) is 0.745. The molecule has 1 heterocycles. The summed E-state index contributed by atoms with van der Waals surface area (Å²) in [6.07, 6.45) is -0.0346. The molecule has 0 aromatic heterocycles. The number of likely N-dealkylation sites (tertiary alicyclic amines) is 1. The van der Waals surface area contributed by atoms with Gasteiger partial charge in [0.25, 0.3) is 5.91 Å². The average molecular weight is 420 g/mol. The molecule has 2 N–H and O–H groups in total. The van der Waals surface area contributed by atoms with E-state index in [1.807, 2.05) is 0 Å². The molecule has 9 heteroatoms. The molecule has 0 radical (unpaired) electrons. The maximum atomic E-state index is 12.5. The van der Waals surface area contributed by atoms with E-state index in [2.05, 4.69) is 10.6 Å². The van der Waals surface area contributed by atoms with Crippen LogP contribution in [0.1, 0.15) is 41.6 Å². The Labute approximate surface area is 168 Å². The second kappa shape index (κ2) is 9.60. The molecule has 1 aliphatic heterocycles. The monoisotopic (exact) mass is 419 g/mol. The van der Waals surface area contributed by atoms with Crippen LogP contribution in [-0.4, -0.2) is 48.9 Å². The van der Waals surface area contributed by atoms with Crippen molar-refractivity contribution >= 4 is 24.2 Å². The molecule has 28 heavy (non-hydrogen) atoms. The highest BCUT2D eigenvalue weighted by atomic mass is 35.5. The minimum absolute atomic E-state index is 0. The van der Waals surface area contributed by atoms with Gasteiger partial charge in [-0.1, -0.05) is 0 Å². The van der Waals surface area contributed by atoms with E-state index in [0.29, 0.717) is 19.1 Å². The third-order valence-electron chi connectivity index (χ3n) is 5.11. The number of hydrogen-bond donors (Lipinski definition) is 2. The number of benzene rings is 1. The van der Waals surface area contributed by atoms with E-state index in [9.17, 15) is 22.8 Å². The van der Waals surface area contributed by atoms with Crippen LogP contribution in [0.25, 0.3) is 0 Å². The van der Waals surface area contributed by atoms with Crippen molar-refractivity contribution in [2.75, 3.05) is 26.2 Å². The lowest BCUT2D eigenvalue weighted by molar-refractivity contribution is -0.137. The fourth-order valence-electron chi connectivity index (χ4n) is 3.17. The van der Waals surface area contributed by atoms with Crippen molar-refractivity contribution in [2.24, 2.45) is 5.92 Å². The Kier molecular flexibility index (Phi) is 7.71. The van der Waals surface area contributed by atoms with E-state index in [1.165, 1.54) is 12.8 Å². The van der Waals surface area contributed by atoms with Crippen LogP contribution < -0.4 is 10.6 Å². The number of rotatable bonds is 6. The van der Waals surface area contributed by atoms with E-state index in [0.717, 1.165) is 49.6 Å². The molecule has 2 amide bonds. The summed E-state index contributed by atoms with van der Waals surface area (Å²) in [4.78, 5) is 26.0. The van der Waals surface area contributed by atoms with Gasteiger partial charge in [-0.25, -0.2) is 0 Å². The van der Waals surface area contributed by atoms with Crippen molar-refractivity contribution in [1.82, 2.24) is 15.5 Å². The number of halogens is 4. The van der Waals surface area contributed by atoms with Crippen molar-refractivity contribution < 1.29 is 22.8 Å². The molecule has 5 nitrogen and oxygen atoms in total. The number of nitrogens with one attached hydrogen (secondary N) is 2. The van der Waals surface area contributed by atoms with Crippen molar-refractivity contribution in [3.63, 3.8) is 0 Å². The van der Waals surface area contributed by atoms with Gasteiger partial charge in [0.2, 0.25) is 5.91 Å². The highest BCUT2D eigenvalue weighted by Crippen LogP contribution is 2.29. The lowest BCUT2D eigenvalue weighted by atomic mass is 10.0. The molecule has 0 bridgehead atoms. The second-order valence-corrected chi connectivity index (χ2v) is 7.26. The molecule has 1 saturated heterocycles. The molecular weight excluding hydrogens is 395 g/mol. The first kappa shape index (κ1) is 22.5. The third-order valence-corrected chi connectivity index (χ3v) is 5.11. The summed E-state index contributed by atoms with van der Waals surface area (Å²) < 4.78 is 37.6. The molecule has 1 saturated carbocycles. The first-order valence-corrected chi connectivity index (χ1v) is 9.29. The summed E-state index contributed by atoms with van der Waals surface area (Å²) in [5, 5.41) is 6.03. The molecule has 0 atom stereocenters. The van der Waals surface area contributed by atoms with Crippen LogP contribution >= 0.6 is 12.4 Å². The van der Waals surface area contributed by atoms with Crippen LogP contribution in [-0.2, 0) is 11.0 Å². The normalized spacial score (nSPS) is 17.8. The smallest absolute Gasteiger partial charge is 0.343 e. The van der Waals surface area contributed by atoms with E-state index >= 15 is 0 Å². The lowest BCUT2D eigenvalue weighted by Crippen LogP contribution is -2.48. The van der Waals surface area contributed by atoms with Crippen LogP contribution in [0.5, 0.6) is 0 Å². The highest BCUT2D eigenvalue weighted by molar-refractivity contribution is 5.96. The Bertz CT molecular complexity index is 670. The molecular formula is C19H25ClF3N3O2. The minimum Gasteiger partial charge on any atom is -0.343 e. The van der Waals surface area contributed by atoms with Gasteiger partial charge in [-0.15, -0.1) is 12.4 Å². The van der Waals surface area contributed by atoms with Crippen LogP contribution in [0.4, 0.5) is 13.2 Å². The summed E-state index contributed by atoms with van der Waals surface area (Å²) in [6.45, 7) is 2.20. The fraction of sp³-hybridized carbons (Fsp3) is 0.579. The number of nitrogens with zero attached hydrogens (tertiary/aromatic N) is 1. The second-order valence-electron chi connectivity index (χ2n) is 7.26.